The number of ketones is 1. The molecule has 0 spiro atoms. The van der Waals surface area contributed by atoms with Crippen molar-refractivity contribution in [2.24, 2.45) is 0 Å². The van der Waals surface area contributed by atoms with Crippen molar-refractivity contribution >= 4 is 17.1 Å². The molecule has 0 amide bonds. The highest BCUT2D eigenvalue weighted by Crippen LogP contribution is 2.31. The number of rotatable bonds is 3. The number of hydrogen-bond donors (Lipinski definition) is 0. The van der Waals surface area contributed by atoms with Crippen LogP contribution < -0.4 is 4.74 Å². The first-order valence-corrected chi connectivity index (χ1v) is 6.90. The highest BCUT2D eigenvalue weighted by molar-refractivity contribution is 7.14. The molecule has 1 aromatic heterocycles. The molecule has 2 nitrogen and oxygen atoms in total. The van der Waals surface area contributed by atoms with Gasteiger partial charge in [-0.3, -0.25) is 4.79 Å². The van der Waals surface area contributed by atoms with Crippen molar-refractivity contribution < 1.29 is 9.53 Å². The number of carbonyl (C=O) groups is 1. The van der Waals surface area contributed by atoms with Crippen molar-refractivity contribution in [3.63, 3.8) is 0 Å². The van der Waals surface area contributed by atoms with Gasteiger partial charge in [-0.25, -0.2) is 0 Å². The van der Waals surface area contributed by atoms with Gasteiger partial charge in [0.25, 0.3) is 0 Å². The summed E-state index contributed by atoms with van der Waals surface area (Å²) in [6.07, 6.45) is 3.50. The normalized spacial score (nSPS) is 13.4. The molecule has 0 bridgehead atoms. The molecule has 0 atom stereocenters. The lowest BCUT2D eigenvalue weighted by atomic mass is 10.1. The molecule has 0 saturated carbocycles. The second-order valence-electron chi connectivity index (χ2n) is 4.47. The van der Waals surface area contributed by atoms with Crippen LogP contribution >= 0.6 is 11.3 Å². The van der Waals surface area contributed by atoms with Crippen LogP contribution in [0.25, 0.3) is 0 Å². The third-order valence-corrected chi connectivity index (χ3v) is 4.56. The maximum atomic E-state index is 12.3. The average Bonchev–Trinajstić information content (AvgIpc) is 2.99. The van der Waals surface area contributed by atoms with E-state index < -0.39 is 0 Å². The van der Waals surface area contributed by atoms with Crippen LogP contribution in [0.1, 0.15) is 32.1 Å². The van der Waals surface area contributed by atoms with Gasteiger partial charge in [0.1, 0.15) is 5.75 Å². The number of methoxy groups -OCH3 is 1. The van der Waals surface area contributed by atoms with E-state index in [4.69, 9.17) is 4.74 Å². The molecule has 3 heteroatoms. The minimum atomic E-state index is 0.122. The minimum Gasteiger partial charge on any atom is -0.497 e. The average molecular weight is 258 g/mol. The molecule has 1 aliphatic carbocycles. The van der Waals surface area contributed by atoms with Gasteiger partial charge in [-0.15, -0.1) is 11.3 Å². The molecule has 1 aliphatic rings. The quantitative estimate of drug-likeness (QED) is 0.788. The molecule has 3 rings (SSSR count). The largest absolute Gasteiger partial charge is 0.497 e. The predicted octanol–water partition coefficient (Wildman–Crippen LogP) is 3.48. The summed E-state index contributed by atoms with van der Waals surface area (Å²) in [7, 11) is 1.63. The summed E-state index contributed by atoms with van der Waals surface area (Å²) in [4.78, 5) is 14.6. The molecule has 0 fully saturated rings. The SMILES string of the molecule is COc1ccc(C(=O)c2cc3c(s2)CCC3)cc1. The van der Waals surface area contributed by atoms with Gasteiger partial charge in [0.2, 0.25) is 5.78 Å². The van der Waals surface area contributed by atoms with E-state index >= 15 is 0 Å². The molecular weight excluding hydrogens is 244 g/mol. The fourth-order valence-electron chi connectivity index (χ4n) is 2.33. The lowest BCUT2D eigenvalue weighted by Gasteiger charge is -2.01. The third-order valence-electron chi connectivity index (χ3n) is 3.32. The van der Waals surface area contributed by atoms with Crippen LogP contribution in [-0.4, -0.2) is 12.9 Å². The number of carbonyl (C=O) groups excluding carboxylic acids is 1. The molecule has 92 valence electrons. The summed E-state index contributed by atoms with van der Waals surface area (Å²) in [5, 5.41) is 0. The Morgan fingerprint density at radius 1 is 1.22 bits per heavy atom. The molecule has 0 unspecified atom stereocenters. The monoisotopic (exact) mass is 258 g/mol. The number of aryl methyl sites for hydroxylation is 2. The zero-order valence-electron chi connectivity index (χ0n) is 10.2. The summed E-state index contributed by atoms with van der Waals surface area (Å²) >= 11 is 1.65. The Morgan fingerprint density at radius 2 is 2.00 bits per heavy atom. The van der Waals surface area contributed by atoms with Gasteiger partial charge in [0.05, 0.1) is 12.0 Å². The number of fused-ring (bicyclic) bond motifs is 1. The van der Waals surface area contributed by atoms with E-state index in [1.807, 2.05) is 24.3 Å². The summed E-state index contributed by atoms with van der Waals surface area (Å²) in [6, 6.07) is 9.38. The van der Waals surface area contributed by atoms with Gasteiger partial charge in [-0.1, -0.05) is 0 Å². The van der Waals surface area contributed by atoms with Gasteiger partial charge in [0, 0.05) is 10.4 Å². The first-order valence-electron chi connectivity index (χ1n) is 6.08. The maximum absolute atomic E-state index is 12.3. The van der Waals surface area contributed by atoms with Gasteiger partial charge >= 0.3 is 0 Å². The fourth-order valence-corrected chi connectivity index (χ4v) is 3.54. The predicted molar refractivity (Wildman–Crippen MR) is 72.8 cm³/mol. The topological polar surface area (TPSA) is 26.3 Å². The first-order chi connectivity index (χ1) is 8.78. The van der Waals surface area contributed by atoms with Gasteiger partial charge in [-0.05, 0) is 55.2 Å². The molecule has 0 N–H and O–H groups in total. The molecule has 2 aromatic rings. The van der Waals surface area contributed by atoms with E-state index in [1.165, 1.54) is 16.9 Å². The van der Waals surface area contributed by atoms with Crippen molar-refractivity contribution in [2.75, 3.05) is 7.11 Å². The molecule has 1 aromatic carbocycles. The number of thiophene rings is 1. The van der Waals surface area contributed by atoms with Crippen LogP contribution in [0.3, 0.4) is 0 Å². The standard InChI is InChI=1S/C15H14O2S/c1-17-12-7-5-10(6-8-12)15(16)14-9-11-3-2-4-13(11)18-14/h5-9H,2-4H2,1H3. The van der Waals surface area contributed by atoms with Crippen LogP contribution in [0.4, 0.5) is 0 Å². The van der Waals surface area contributed by atoms with E-state index in [0.717, 1.165) is 29.0 Å². The van der Waals surface area contributed by atoms with Gasteiger partial charge < -0.3 is 4.74 Å². The Bertz CT molecular complexity index is 560. The number of ether oxygens (including phenoxy) is 1. The van der Waals surface area contributed by atoms with E-state index in [1.54, 1.807) is 18.4 Å². The van der Waals surface area contributed by atoms with E-state index in [-0.39, 0.29) is 5.78 Å². The molecule has 0 saturated heterocycles. The van der Waals surface area contributed by atoms with Crippen LogP contribution in [0, 0.1) is 0 Å². The lowest BCUT2D eigenvalue weighted by Crippen LogP contribution is -1.98. The highest BCUT2D eigenvalue weighted by atomic mass is 32.1. The minimum absolute atomic E-state index is 0.122. The summed E-state index contributed by atoms with van der Waals surface area (Å²) in [5.74, 6) is 0.900. The number of benzene rings is 1. The highest BCUT2D eigenvalue weighted by Gasteiger charge is 2.19. The van der Waals surface area contributed by atoms with E-state index in [2.05, 4.69) is 6.07 Å². The zero-order valence-corrected chi connectivity index (χ0v) is 11.0. The second-order valence-corrected chi connectivity index (χ2v) is 5.61. The summed E-state index contributed by atoms with van der Waals surface area (Å²) in [6.45, 7) is 0. The Labute approximate surface area is 110 Å². The van der Waals surface area contributed by atoms with Crippen molar-refractivity contribution in [3.8, 4) is 5.75 Å². The molecule has 0 aliphatic heterocycles. The zero-order chi connectivity index (χ0) is 12.5. The smallest absolute Gasteiger partial charge is 0.202 e. The van der Waals surface area contributed by atoms with Crippen LogP contribution in [0.2, 0.25) is 0 Å². The maximum Gasteiger partial charge on any atom is 0.202 e. The van der Waals surface area contributed by atoms with Crippen molar-refractivity contribution in [3.05, 3.63) is 51.2 Å². The Morgan fingerprint density at radius 3 is 2.67 bits per heavy atom. The number of hydrogen-bond acceptors (Lipinski definition) is 3. The second kappa shape index (κ2) is 4.58. The van der Waals surface area contributed by atoms with Crippen molar-refractivity contribution in [1.82, 2.24) is 0 Å². The third kappa shape index (κ3) is 1.95. The Hall–Kier alpha value is -1.61. The van der Waals surface area contributed by atoms with Crippen LogP contribution in [-0.2, 0) is 12.8 Å². The van der Waals surface area contributed by atoms with Crippen LogP contribution in [0.15, 0.2) is 30.3 Å². The molecule has 1 heterocycles. The first kappa shape index (κ1) is 11.5. The van der Waals surface area contributed by atoms with E-state index in [9.17, 15) is 4.79 Å². The summed E-state index contributed by atoms with van der Waals surface area (Å²) < 4.78 is 5.10. The van der Waals surface area contributed by atoms with Crippen LogP contribution in [0.5, 0.6) is 5.75 Å². The summed E-state index contributed by atoms with van der Waals surface area (Å²) in [5.41, 5.74) is 2.10. The molecular formula is C15H14O2S. The Kier molecular flexibility index (Phi) is 2.92. The molecule has 18 heavy (non-hydrogen) atoms. The van der Waals surface area contributed by atoms with Crippen molar-refractivity contribution in [1.29, 1.82) is 0 Å². The van der Waals surface area contributed by atoms with Crippen molar-refractivity contribution in [2.45, 2.75) is 19.3 Å². The lowest BCUT2D eigenvalue weighted by molar-refractivity contribution is 0.104. The van der Waals surface area contributed by atoms with Gasteiger partial charge in [0.15, 0.2) is 0 Å². The van der Waals surface area contributed by atoms with E-state index in [0.29, 0.717) is 0 Å². The fraction of sp³-hybridized carbons (Fsp3) is 0.267. The van der Waals surface area contributed by atoms with Gasteiger partial charge in [-0.2, -0.15) is 0 Å². The molecule has 0 radical (unpaired) electrons. The Balaban J connectivity index is 1.88.